The minimum Gasteiger partial charge on any atom is -0.493 e. The van der Waals surface area contributed by atoms with Gasteiger partial charge < -0.3 is 24.7 Å². The van der Waals surface area contributed by atoms with Crippen molar-refractivity contribution in [2.45, 2.75) is 26.3 Å². The van der Waals surface area contributed by atoms with E-state index < -0.39 is 0 Å². The van der Waals surface area contributed by atoms with Crippen LogP contribution in [0.15, 0.2) is 36.4 Å². The lowest BCUT2D eigenvalue weighted by Gasteiger charge is -2.25. The Hall–Kier alpha value is -2.57. The smallest absolute Gasteiger partial charge is 0.161 e. The van der Waals surface area contributed by atoms with E-state index in [1.54, 1.807) is 13.2 Å². The molecule has 160 valence electrons. The Morgan fingerprint density at radius 2 is 1.93 bits per heavy atom. The number of methoxy groups -OCH3 is 1. The van der Waals surface area contributed by atoms with Gasteiger partial charge in [-0.05, 0) is 61.0 Å². The number of halogens is 1. The normalized spacial score (nSPS) is 16.1. The summed E-state index contributed by atoms with van der Waals surface area (Å²) in [6.07, 6.45) is 0.874. The number of aromatic amines is 1. The lowest BCUT2D eigenvalue weighted by Crippen LogP contribution is -2.30. The molecule has 1 unspecified atom stereocenters. The highest BCUT2D eigenvalue weighted by Crippen LogP contribution is 2.37. The topological polar surface area (TPSA) is 49.5 Å². The zero-order chi connectivity index (χ0) is 21.1. The third kappa shape index (κ3) is 4.02. The van der Waals surface area contributed by atoms with Gasteiger partial charge >= 0.3 is 0 Å². The number of rotatable bonds is 8. The summed E-state index contributed by atoms with van der Waals surface area (Å²) in [5.74, 6) is 1.28. The molecule has 2 N–H and O–H groups in total. The van der Waals surface area contributed by atoms with Crippen LogP contribution in [0.1, 0.15) is 36.7 Å². The molecule has 0 aliphatic carbocycles. The van der Waals surface area contributed by atoms with E-state index in [-0.39, 0.29) is 11.9 Å². The Kier molecular flexibility index (Phi) is 6.25. The molecule has 1 aromatic heterocycles. The summed E-state index contributed by atoms with van der Waals surface area (Å²) < 4.78 is 25.4. The maximum absolute atomic E-state index is 13.8. The summed E-state index contributed by atoms with van der Waals surface area (Å²) in [4.78, 5) is 5.82. The van der Waals surface area contributed by atoms with Gasteiger partial charge in [-0.3, -0.25) is 0 Å². The van der Waals surface area contributed by atoms with Crippen LogP contribution in [0, 0.1) is 5.82 Å². The highest BCUT2D eigenvalue weighted by molar-refractivity contribution is 5.85. The molecule has 0 spiro atoms. The van der Waals surface area contributed by atoms with Crippen LogP contribution >= 0.6 is 0 Å². The average Bonchev–Trinajstić information content (AvgIpc) is 3.15. The number of hydrogen-bond acceptors (Lipinski definition) is 4. The second-order valence-electron chi connectivity index (χ2n) is 7.63. The van der Waals surface area contributed by atoms with Gasteiger partial charge in [0.15, 0.2) is 11.5 Å². The van der Waals surface area contributed by atoms with Crippen LogP contribution in [0.3, 0.4) is 0 Å². The third-order valence-electron chi connectivity index (χ3n) is 5.99. The third-order valence-corrected chi connectivity index (χ3v) is 5.99. The molecular weight excluding hydrogens is 381 g/mol. The van der Waals surface area contributed by atoms with E-state index >= 15 is 0 Å². The number of ether oxygens (including phenoxy) is 2. The molecule has 30 heavy (non-hydrogen) atoms. The zero-order valence-electron chi connectivity index (χ0n) is 17.9. The average molecular weight is 412 g/mol. The van der Waals surface area contributed by atoms with Crippen LogP contribution in [0.2, 0.25) is 0 Å². The van der Waals surface area contributed by atoms with Gasteiger partial charge in [0.25, 0.3) is 0 Å². The predicted molar refractivity (Wildman–Crippen MR) is 118 cm³/mol. The van der Waals surface area contributed by atoms with Crippen LogP contribution in [-0.4, -0.2) is 49.8 Å². The number of fused-ring (bicyclic) bond motifs is 3. The first-order valence-corrected chi connectivity index (χ1v) is 10.7. The summed E-state index contributed by atoms with van der Waals surface area (Å²) in [6, 6.07) is 11.0. The Labute approximate surface area is 177 Å². The molecule has 4 rings (SSSR count). The number of aromatic nitrogens is 1. The number of H-pyrrole nitrogens is 1. The van der Waals surface area contributed by atoms with Crippen molar-refractivity contribution in [1.82, 2.24) is 15.2 Å². The van der Waals surface area contributed by atoms with E-state index in [4.69, 9.17) is 9.47 Å². The first kappa shape index (κ1) is 20.7. The summed E-state index contributed by atoms with van der Waals surface area (Å²) in [7, 11) is 1.67. The summed E-state index contributed by atoms with van der Waals surface area (Å²) in [5, 5.41) is 4.56. The molecule has 0 amide bonds. The summed E-state index contributed by atoms with van der Waals surface area (Å²) in [6.45, 7) is 8.69. The monoisotopic (exact) mass is 411 g/mol. The van der Waals surface area contributed by atoms with Gasteiger partial charge in [0.2, 0.25) is 0 Å². The van der Waals surface area contributed by atoms with E-state index in [1.807, 2.05) is 18.2 Å². The quantitative estimate of drug-likeness (QED) is 0.581. The lowest BCUT2D eigenvalue weighted by atomic mass is 9.94. The van der Waals surface area contributed by atoms with Crippen molar-refractivity contribution in [2.75, 3.05) is 39.9 Å². The molecule has 1 aliphatic heterocycles. The van der Waals surface area contributed by atoms with Gasteiger partial charge in [0.1, 0.15) is 12.4 Å². The number of nitrogens with zero attached hydrogens (tertiary/aromatic N) is 1. The zero-order valence-corrected chi connectivity index (χ0v) is 17.9. The second-order valence-corrected chi connectivity index (χ2v) is 7.63. The van der Waals surface area contributed by atoms with Crippen molar-refractivity contribution in [2.24, 2.45) is 0 Å². The molecule has 0 saturated heterocycles. The van der Waals surface area contributed by atoms with Gasteiger partial charge in [0, 0.05) is 29.7 Å². The standard InChI is InChI=1S/C24H30FN3O2/c1-4-28(5-2)12-13-30-21-9-6-16(14-22(21)29-3)23-24-18(10-11-26-23)19-15-17(25)7-8-20(19)27-24/h6-9,14-15,23,26-27H,4-5,10-13H2,1-3H3. The van der Waals surface area contributed by atoms with Gasteiger partial charge in [-0.1, -0.05) is 19.9 Å². The highest BCUT2D eigenvalue weighted by Gasteiger charge is 2.26. The molecule has 5 nitrogen and oxygen atoms in total. The molecule has 2 aromatic carbocycles. The number of likely N-dealkylation sites (N-methyl/N-ethyl adjacent to an activating group) is 1. The fourth-order valence-corrected chi connectivity index (χ4v) is 4.29. The summed E-state index contributed by atoms with van der Waals surface area (Å²) >= 11 is 0. The molecule has 0 saturated carbocycles. The minimum atomic E-state index is -0.202. The van der Waals surface area contributed by atoms with Crippen LogP contribution in [0.4, 0.5) is 4.39 Å². The predicted octanol–water partition coefficient (Wildman–Crippen LogP) is 4.27. The van der Waals surface area contributed by atoms with Gasteiger partial charge in [-0.2, -0.15) is 0 Å². The molecule has 2 heterocycles. The van der Waals surface area contributed by atoms with Crippen molar-refractivity contribution in [3.8, 4) is 11.5 Å². The van der Waals surface area contributed by atoms with Gasteiger partial charge in [-0.15, -0.1) is 0 Å². The Morgan fingerprint density at radius 1 is 1.10 bits per heavy atom. The minimum absolute atomic E-state index is 0.00263. The Morgan fingerprint density at radius 3 is 2.70 bits per heavy atom. The largest absolute Gasteiger partial charge is 0.493 e. The fourth-order valence-electron chi connectivity index (χ4n) is 4.29. The van der Waals surface area contributed by atoms with E-state index in [0.29, 0.717) is 6.61 Å². The van der Waals surface area contributed by atoms with Crippen molar-refractivity contribution in [3.63, 3.8) is 0 Å². The van der Waals surface area contributed by atoms with Crippen molar-refractivity contribution < 1.29 is 13.9 Å². The summed E-state index contributed by atoms with van der Waals surface area (Å²) in [5.41, 5.74) is 4.35. The molecule has 6 heteroatoms. The fraction of sp³-hybridized carbons (Fsp3) is 0.417. The van der Waals surface area contributed by atoms with Crippen molar-refractivity contribution in [3.05, 3.63) is 59.0 Å². The SMILES string of the molecule is CCN(CC)CCOc1ccc(C2NCCc3c2[nH]c2ccc(F)cc32)cc1OC. The highest BCUT2D eigenvalue weighted by atomic mass is 19.1. The van der Waals surface area contributed by atoms with E-state index in [1.165, 1.54) is 11.6 Å². The van der Waals surface area contributed by atoms with Gasteiger partial charge in [0.05, 0.1) is 13.2 Å². The number of hydrogen-bond donors (Lipinski definition) is 2. The molecule has 0 radical (unpaired) electrons. The van der Waals surface area contributed by atoms with Crippen LogP contribution in [-0.2, 0) is 6.42 Å². The van der Waals surface area contributed by atoms with E-state index in [2.05, 4.69) is 35.1 Å². The molecule has 0 bridgehead atoms. The van der Waals surface area contributed by atoms with E-state index in [9.17, 15) is 4.39 Å². The Balaban J connectivity index is 1.59. The van der Waals surface area contributed by atoms with Crippen LogP contribution in [0.25, 0.3) is 10.9 Å². The molecule has 0 fully saturated rings. The molecule has 1 atom stereocenters. The first-order valence-electron chi connectivity index (χ1n) is 10.7. The molecular formula is C24H30FN3O2. The maximum Gasteiger partial charge on any atom is 0.161 e. The van der Waals surface area contributed by atoms with Crippen molar-refractivity contribution in [1.29, 1.82) is 0 Å². The van der Waals surface area contributed by atoms with Crippen LogP contribution < -0.4 is 14.8 Å². The lowest BCUT2D eigenvalue weighted by molar-refractivity contribution is 0.217. The van der Waals surface area contributed by atoms with Crippen LogP contribution in [0.5, 0.6) is 11.5 Å². The number of nitrogens with one attached hydrogen (secondary N) is 2. The Bertz CT molecular complexity index is 1010. The first-order chi connectivity index (χ1) is 14.6. The van der Waals surface area contributed by atoms with E-state index in [0.717, 1.165) is 66.3 Å². The number of benzene rings is 2. The van der Waals surface area contributed by atoms with Gasteiger partial charge in [-0.25, -0.2) is 4.39 Å². The maximum atomic E-state index is 13.8. The molecule has 3 aromatic rings. The second kappa shape index (κ2) is 9.06. The molecule has 1 aliphatic rings. The van der Waals surface area contributed by atoms with Crippen molar-refractivity contribution >= 4 is 10.9 Å².